The van der Waals surface area contributed by atoms with Gasteiger partial charge >= 0.3 is 6.18 Å². The zero-order valence-corrected chi connectivity index (χ0v) is 18.1. The molecule has 0 spiro atoms. The summed E-state index contributed by atoms with van der Waals surface area (Å²) in [6, 6.07) is 14.7. The van der Waals surface area contributed by atoms with Crippen LogP contribution in [0.3, 0.4) is 0 Å². The average Bonchev–Trinajstić information content (AvgIpc) is 3.19. The van der Waals surface area contributed by atoms with E-state index < -0.39 is 36.3 Å². The van der Waals surface area contributed by atoms with Gasteiger partial charge in [-0.25, -0.2) is 0 Å². The highest BCUT2D eigenvalue weighted by Crippen LogP contribution is 2.41. The maximum atomic E-state index is 13.7. The lowest BCUT2D eigenvalue weighted by Gasteiger charge is -2.45. The molecule has 1 aromatic carbocycles. The quantitative estimate of drug-likeness (QED) is 0.689. The molecule has 2 saturated heterocycles. The number of hydrogen-bond donors (Lipinski definition) is 1. The third-order valence-corrected chi connectivity index (χ3v) is 6.59. The van der Waals surface area contributed by atoms with Crippen molar-refractivity contribution in [2.75, 3.05) is 26.3 Å². The number of carbonyl (C=O) groups is 1. The van der Waals surface area contributed by atoms with E-state index in [1.807, 2.05) is 30.3 Å². The SMILES string of the molecule is N#Cc1ccc(CC[C@@]2(C(=O)NC3(C(F)(F)F)COC3)CCN(Cc3ccccn3)C2)cc1. The van der Waals surface area contributed by atoms with Crippen LogP contribution in [0.15, 0.2) is 48.7 Å². The molecule has 6 nitrogen and oxygen atoms in total. The summed E-state index contributed by atoms with van der Waals surface area (Å²) in [4.78, 5) is 19.8. The predicted octanol–water partition coefficient (Wildman–Crippen LogP) is 3.23. The van der Waals surface area contributed by atoms with Crippen molar-refractivity contribution in [3.05, 3.63) is 65.5 Å². The van der Waals surface area contributed by atoms with Gasteiger partial charge in [0.25, 0.3) is 0 Å². The first-order chi connectivity index (χ1) is 15.8. The van der Waals surface area contributed by atoms with Crippen LogP contribution in [0.25, 0.3) is 0 Å². The number of likely N-dealkylation sites (tertiary alicyclic amines) is 1. The van der Waals surface area contributed by atoms with E-state index in [1.54, 1.807) is 18.3 Å². The molecule has 1 N–H and O–H groups in total. The summed E-state index contributed by atoms with van der Waals surface area (Å²) in [6.45, 7) is 0.338. The van der Waals surface area contributed by atoms with Crippen molar-refractivity contribution >= 4 is 5.91 Å². The number of carbonyl (C=O) groups excluding carboxylic acids is 1. The van der Waals surface area contributed by atoms with Crippen LogP contribution in [-0.2, 0) is 22.5 Å². The van der Waals surface area contributed by atoms with Gasteiger partial charge in [-0.3, -0.25) is 14.7 Å². The van der Waals surface area contributed by atoms with Gasteiger partial charge in [-0.15, -0.1) is 0 Å². The van der Waals surface area contributed by atoms with Crippen LogP contribution in [0.2, 0.25) is 0 Å². The minimum absolute atomic E-state index is 0.348. The Balaban J connectivity index is 1.52. The topological polar surface area (TPSA) is 78.2 Å². The van der Waals surface area contributed by atoms with Gasteiger partial charge in [0.05, 0.1) is 36.0 Å². The molecule has 3 heterocycles. The molecule has 2 aliphatic heterocycles. The van der Waals surface area contributed by atoms with Gasteiger partial charge in [0, 0.05) is 19.3 Å². The lowest BCUT2D eigenvalue weighted by atomic mass is 9.79. The Morgan fingerprint density at radius 1 is 1.21 bits per heavy atom. The Hall–Kier alpha value is -2.96. The molecule has 174 valence electrons. The van der Waals surface area contributed by atoms with Gasteiger partial charge in [-0.2, -0.15) is 18.4 Å². The zero-order valence-electron chi connectivity index (χ0n) is 18.1. The van der Waals surface area contributed by atoms with Crippen molar-refractivity contribution in [2.24, 2.45) is 5.41 Å². The number of pyridine rings is 1. The molecule has 0 radical (unpaired) electrons. The van der Waals surface area contributed by atoms with Crippen molar-refractivity contribution < 1.29 is 22.7 Å². The molecule has 2 fully saturated rings. The molecule has 0 saturated carbocycles. The molecule has 0 unspecified atom stereocenters. The fourth-order valence-corrected chi connectivity index (χ4v) is 4.41. The summed E-state index contributed by atoms with van der Waals surface area (Å²) < 4.78 is 45.9. The number of benzene rings is 1. The molecule has 0 bridgehead atoms. The predicted molar refractivity (Wildman–Crippen MR) is 114 cm³/mol. The number of nitrogens with zero attached hydrogens (tertiary/aromatic N) is 3. The Morgan fingerprint density at radius 2 is 1.97 bits per heavy atom. The number of aromatic nitrogens is 1. The van der Waals surface area contributed by atoms with Crippen LogP contribution in [-0.4, -0.2) is 53.8 Å². The zero-order chi connectivity index (χ0) is 23.5. The van der Waals surface area contributed by atoms with Crippen molar-refractivity contribution in [1.82, 2.24) is 15.2 Å². The average molecular weight is 458 g/mol. The first-order valence-corrected chi connectivity index (χ1v) is 10.8. The number of hydrogen-bond acceptors (Lipinski definition) is 5. The number of nitriles is 1. The largest absolute Gasteiger partial charge is 0.416 e. The minimum Gasteiger partial charge on any atom is -0.376 e. The van der Waals surface area contributed by atoms with Crippen molar-refractivity contribution in [3.63, 3.8) is 0 Å². The smallest absolute Gasteiger partial charge is 0.376 e. The molecule has 0 aliphatic carbocycles. The van der Waals surface area contributed by atoms with Crippen LogP contribution in [0.1, 0.15) is 29.7 Å². The Kier molecular flexibility index (Phi) is 6.41. The van der Waals surface area contributed by atoms with Gasteiger partial charge in [0.15, 0.2) is 5.54 Å². The lowest BCUT2D eigenvalue weighted by Crippen LogP contribution is -2.72. The molecular formula is C24H25F3N4O2. The number of ether oxygens (including phenoxy) is 1. The molecule has 1 amide bonds. The van der Waals surface area contributed by atoms with E-state index in [2.05, 4.69) is 21.3 Å². The summed E-state index contributed by atoms with van der Waals surface area (Å²) >= 11 is 0. The van der Waals surface area contributed by atoms with Gasteiger partial charge in [0.2, 0.25) is 5.91 Å². The van der Waals surface area contributed by atoms with Crippen LogP contribution < -0.4 is 5.32 Å². The van der Waals surface area contributed by atoms with Crippen LogP contribution in [0.4, 0.5) is 13.2 Å². The monoisotopic (exact) mass is 458 g/mol. The fraction of sp³-hybridized carbons (Fsp3) is 0.458. The second-order valence-electron chi connectivity index (χ2n) is 8.90. The van der Waals surface area contributed by atoms with E-state index in [-0.39, 0.29) is 0 Å². The van der Waals surface area contributed by atoms with E-state index >= 15 is 0 Å². The second-order valence-corrected chi connectivity index (χ2v) is 8.90. The first-order valence-electron chi connectivity index (χ1n) is 10.8. The molecule has 9 heteroatoms. The number of alkyl halides is 3. The third kappa shape index (κ3) is 4.87. The number of rotatable bonds is 7. The highest BCUT2D eigenvalue weighted by Gasteiger charge is 2.62. The fourth-order valence-electron chi connectivity index (χ4n) is 4.41. The summed E-state index contributed by atoms with van der Waals surface area (Å²) in [6.07, 6.45) is -1.51. The number of halogens is 3. The Morgan fingerprint density at radius 3 is 2.55 bits per heavy atom. The number of amides is 1. The minimum atomic E-state index is -4.58. The molecule has 33 heavy (non-hydrogen) atoms. The van der Waals surface area contributed by atoms with Crippen molar-refractivity contribution in [1.29, 1.82) is 5.26 Å². The van der Waals surface area contributed by atoms with E-state index in [4.69, 9.17) is 10.00 Å². The van der Waals surface area contributed by atoms with E-state index in [0.717, 1.165) is 11.3 Å². The lowest BCUT2D eigenvalue weighted by molar-refractivity contribution is -0.267. The van der Waals surface area contributed by atoms with Crippen molar-refractivity contribution in [2.45, 2.75) is 37.5 Å². The molecule has 2 aromatic rings. The second kappa shape index (κ2) is 9.12. The number of aryl methyl sites for hydroxylation is 1. The Bertz CT molecular complexity index is 1020. The Labute approximate surface area is 190 Å². The molecule has 1 atom stereocenters. The van der Waals surface area contributed by atoms with Crippen molar-refractivity contribution in [3.8, 4) is 6.07 Å². The van der Waals surface area contributed by atoms with Gasteiger partial charge in [-0.05, 0) is 55.6 Å². The first kappa shape index (κ1) is 23.2. The highest BCUT2D eigenvalue weighted by atomic mass is 19.4. The standard InChI is InChI=1S/C24H25F3N4O2/c25-24(26,27)23(16-33-17-23)30-21(32)22(9-8-18-4-6-19(13-28)7-5-18)10-12-31(15-22)14-20-3-1-2-11-29-20/h1-7,11H,8-10,12,14-17H2,(H,30,32)/t22-/m1/s1. The molecule has 2 aliphatic rings. The van der Waals surface area contributed by atoms with Crippen LogP contribution >= 0.6 is 0 Å². The summed E-state index contributed by atoms with van der Waals surface area (Å²) in [5.74, 6) is -0.583. The molecule has 4 rings (SSSR count). The highest BCUT2D eigenvalue weighted by molar-refractivity contribution is 5.84. The van der Waals surface area contributed by atoms with Crippen LogP contribution in [0, 0.1) is 16.7 Å². The van der Waals surface area contributed by atoms with Crippen LogP contribution in [0.5, 0.6) is 0 Å². The van der Waals surface area contributed by atoms with Gasteiger partial charge in [-0.1, -0.05) is 18.2 Å². The number of nitrogens with one attached hydrogen (secondary N) is 1. The summed E-state index contributed by atoms with van der Waals surface area (Å²) in [7, 11) is 0. The maximum Gasteiger partial charge on any atom is 0.416 e. The molecular weight excluding hydrogens is 433 g/mol. The molecule has 1 aromatic heterocycles. The van der Waals surface area contributed by atoms with E-state index in [9.17, 15) is 18.0 Å². The summed E-state index contributed by atoms with van der Waals surface area (Å²) in [5, 5.41) is 11.3. The maximum absolute atomic E-state index is 13.7. The van der Waals surface area contributed by atoms with E-state index in [0.29, 0.717) is 44.5 Å². The van der Waals surface area contributed by atoms with E-state index in [1.165, 1.54) is 0 Å². The van der Waals surface area contributed by atoms with Gasteiger partial charge < -0.3 is 10.1 Å². The van der Waals surface area contributed by atoms with Gasteiger partial charge in [0.1, 0.15) is 0 Å². The summed E-state index contributed by atoms with van der Waals surface area (Å²) in [5.41, 5.74) is -0.969. The third-order valence-electron chi connectivity index (χ3n) is 6.59. The normalized spacial score (nSPS) is 22.4.